The summed E-state index contributed by atoms with van der Waals surface area (Å²) in [4.78, 5) is 14.8. The van der Waals surface area contributed by atoms with Gasteiger partial charge < -0.3 is 15.0 Å². The highest BCUT2D eigenvalue weighted by Crippen LogP contribution is 2.46. The number of amides is 1. The molecular weight excluding hydrogens is 344 g/mol. The first-order valence-electron chi connectivity index (χ1n) is 8.46. The van der Waals surface area contributed by atoms with Gasteiger partial charge in [0.1, 0.15) is 5.75 Å². The Morgan fingerprint density at radius 2 is 1.73 bits per heavy atom. The summed E-state index contributed by atoms with van der Waals surface area (Å²) in [5, 5.41) is 2.73. The second-order valence-corrected chi connectivity index (χ2v) is 7.16. The zero-order chi connectivity index (χ0) is 17.6. The van der Waals surface area contributed by atoms with Crippen LogP contribution in [0.2, 0.25) is 0 Å². The maximum Gasteiger partial charge on any atom is 0.573 e. The summed E-state index contributed by atoms with van der Waals surface area (Å²) in [5.74, 6) is 1.18. The van der Waals surface area contributed by atoms with Crippen molar-refractivity contribution in [2.45, 2.75) is 19.2 Å². The fourth-order valence-electron chi connectivity index (χ4n) is 4.53. The molecule has 3 saturated heterocycles. The summed E-state index contributed by atoms with van der Waals surface area (Å²) in [6.45, 7) is 3.27. The van der Waals surface area contributed by atoms with Crippen LogP contribution in [0.4, 0.5) is 18.9 Å². The molecule has 1 aromatic carbocycles. The molecule has 2 unspecified atom stereocenters. The smallest absolute Gasteiger partial charge is 0.406 e. The lowest BCUT2D eigenvalue weighted by atomic mass is 9.65. The third-order valence-corrected chi connectivity index (χ3v) is 5.31. The Bertz CT molecular complexity index is 673. The molecule has 0 aromatic heterocycles. The maximum absolute atomic E-state index is 12.3. The van der Waals surface area contributed by atoms with E-state index in [1.807, 2.05) is 0 Å². The van der Waals surface area contributed by atoms with Crippen LogP contribution in [0, 0.1) is 17.8 Å². The quantitative estimate of drug-likeness (QED) is 0.659. The molecule has 4 fully saturated rings. The number of benzene rings is 1. The van der Waals surface area contributed by atoms with E-state index in [1.165, 1.54) is 36.4 Å². The van der Waals surface area contributed by atoms with Crippen LogP contribution in [0.25, 0.3) is 0 Å². The van der Waals surface area contributed by atoms with Crippen LogP contribution < -0.4 is 10.1 Å². The number of nitrogens with one attached hydrogen (secondary N) is 1. The Labute approximate surface area is 152 Å². The summed E-state index contributed by atoms with van der Waals surface area (Å²) in [7, 11) is 0. The van der Waals surface area contributed by atoms with E-state index < -0.39 is 6.36 Å². The molecule has 5 rings (SSSR count). The van der Waals surface area contributed by atoms with Gasteiger partial charge in [-0.25, -0.2) is 0 Å². The van der Waals surface area contributed by atoms with Crippen LogP contribution in [0.1, 0.15) is 12.8 Å². The van der Waals surface area contributed by atoms with Crippen molar-refractivity contribution in [3.63, 3.8) is 0 Å². The van der Waals surface area contributed by atoms with Crippen LogP contribution in [0.3, 0.4) is 0 Å². The highest BCUT2D eigenvalue weighted by Gasteiger charge is 2.44. The number of anilines is 1. The summed E-state index contributed by atoms with van der Waals surface area (Å²) in [6, 6.07) is 5.18. The van der Waals surface area contributed by atoms with Gasteiger partial charge in [-0.1, -0.05) is 5.57 Å². The number of hydrogen-bond acceptors (Lipinski definition) is 3. The van der Waals surface area contributed by atoms with Crippen molar-refractivity contribution in [3.8, 4) is 5.75 Å². The topological polar surface area (TPSA) is 41.6 Å². The fourth-order valence-corrected chi connectivity index (χ4v) is 4.53. The number of nitrogens with zero attached hydrogens (tertiary/aromatic N) is 1. The number of halogens is 3. The Morgan fingerprint density at radius 3 is 2.27 bits per heavy atom. The van der Waals surface area contributed by atoms with Crippen LogP contribution in [-0.2, 0) is 4.79 Å². The molecule has 3 aliphatic heterocycles. The van der Waals surface area contributed by atoms with Crippen LogP contribution in [0.15, 0.2) is 35.9 Å². The highest BCUT2D eigenvalue weighted by molar-refractivity contribution is 5.99. The van der Waals surface area contributed by atoms with Gasteiger partial charge in [0.15, 0.2) is 0 Å². The molecule has 0 spiro atoms. The van der Waals surface area contributed by atoms with Gasteiger partial charge in [-0.15, -0.1) is 13.2 Å². The standard InChI is InChI=1S/C18H19F3N2O2.BH3/c19-18(20,21)25-15-3-1-14(2-4-15)22-17(24)7-16-12-5-11-6-13(16)10-23(8-11)9-12;/h1-4,7,11-13H,5-6,8-10H2,(H,22,24);1H3. The third kappa shape index (κ3) is 4.06. The number of alkyl halides is 3. The average Bonchev–Trinajstić information content (AvgIpc) is 2.51. The van der Waals surface area contributed by atoms with E-state index in [1.54, 1.807) is 6.08 Å². The number of carbonyl (C=O) groups excluding carboxylic acids is 1. The maximum atomic E-state index is 12.3. The molecule has 140 valence electrons. The van der Waals surface area contributed by atoms with E-state index in [2.05, 4.69) is 15.0 Å². The zero-order valence-corrected chi connectivity index (χ0v) is 13.6. The molecule has 1 saturated carbocycles. The van der Waals surface area contributed by atoms with E-state index >= 15 is 0 Å². The van der Waals surface area contributed by atoms with E-state index in [4.69, 9.17) is 0 Å². The molecule has 4 aliphatic rings. The summed E-state index contributed by atoms with van der Waals surface area (Å²) >= 11 is 0. The monoisotopic (exact) mass is 366 g/mol. The van der Waals surface area contributed by atoms with Gasteiger partial charge in [0.05, 0.1) is 8.41 Å². The summed E-state index contributed by atoms with van der Waals surface area (Å²) in [5.41, 5.74) is 1.69. The van der Waals surface area contributed by atoms with Crippen LogP contribution >= 0.6 is 0 Å². The van der Waals surface area contributed by atoms with Crippen molar-refractivity contribution in [2.75, 3.05) is 25.0 Å². The molecule has 3 heterocycles. The molecule has 0 radical (unpaired) electrons. The minimum atomic E-state index is -4.72. The summed E-state index contributed by atoms with van der Waals surface area (Å²) < 4.78 is 40.3. The predicted octanol–water partition coefficient (Wildman–Crippen LogP) is 2.24. The first-order valence-corrected chi connectivity index (χ1v) is 8.46. The number of carbonyl (C=O) groups is 1. The van der Waals surface area contributed by atoms with Crippen molar-refractivity contribution in [1.29, 1.82) is 0 Å². The van der Waals surface area contributed by atoms with E-state index in [-0.39, 0.29) is 20.1 Å². The fraction of sp³-hybridized carbons (Fsp3) is 0.500. The Balaban J connectivity index is 0.00000196. The lowest BCUT2D eigenvalue weighted by Gasteiger charge is -2.53. The first kappa shape index (κ1) is 18.8. The van der Waals surface area contributed by atoms with Crippen molar-refractivity contribution in [1.82, 2.24) is 4.90 Å². The summed E-state index contributed by atoms with van der Waals surface area (Å²) in [6.07, 6.45) is -0.690. The SMILES string of the molecule is B.O=C(C=C1C2CC3CC1CN(C3)C2)Nc1ccc(OC(F)(F)F)cc1. The van der Waals surface area contributed by atoms with Gasteiger partial charge in [0.25, 0.3) is 0 Å². The second kappa shape index (κ2) is 6.98. The highest BCUT2D eigenvalue weighted by atomic mass is 19.4. The van der Waals surface area contributed by atoms with Gasteiger partial charge in [-0.3, -0.25) is 4.79 Å². The number of piperidine rings is 3. The van der Waals surface area contributed by atoms with Gasteiger partial charge in [-0.2, -0.15) is 0 Å². The molecule has 2 atom stereocenters. The van der Waals surface area contributed by atoms with Gasteiger partial charge in [0.2, 0.25) is 5.91 Å². The Kier molecular flexibility index (Phi) is 5.06. The molecule has 1 aromatic rings. The molecule has 26 heavy (non-hydrogen) atoms. The zero-order valence-electron chi connectivity index (χ0n) is 13.6. The molecule has 1 aliphatic carbocycles. The molecule has 1 amide bonds. The van der Waals surface area contributed by atoms with Crippen molar-refractivity contribution < 1.29 is 22.7 Å². The van der Waals surface area contributed by atoms with Gasteiger partial charge >= 0.3 is 6.36 Å². The molecule has 4 bridgehead atoms. The van der Waals surface area contributed by atoms with Crippen LogP contribution in [-0.4, -0.2) is 45.2 Å². The largest absolute Gasteiger partial charge is 0.573 e. The molecule has 8 heteroatoms. The van der Waals surface area contributed by atoms with Gasteiger partial charge in [-0.05, 0) is 54.9 Å². The van der Waals surface area contributed by atoms with Crippen molar-refractivity contribution in [2.24, 2.45) is 17.8 Å². The van der Waals surface area contributed by atoms with Crippen molar-refractivity contribution in [3.05, 3.63) is 35.9 Å². The minimum Gasteiger partial charge on any atom is -0.406 e. The Morgan fingerprint density at radius 1 is 1.12 bits per heavy atom. The van der Waals surface area contributed by atoms with Crippen LogP contribution in [0.5, 0.6) is 5.75 Å². The normalized spacial score (nSPS) is 29.1. The third-order valence-electron chi connectivity index (χ3n) is 5.31. The second-order valence-electron chi connectivity index (χ2n) is 7.16. The van der Waals surface area contributed by atoms with Gasteiger partial charge in [0, 0.05) is 31.4 Å². The Hall–Kier alpha value is -1.96. The molecule has 4 nitrogen and oxygen atoms in total. The predicted molar refractivity (Wildman–Crippen MR) is 95.9 cm³/mol. The first-order chi connectivity index (χ1) is 11.9. The number of hydrogen-bond donors (Lipinski definition) is 1. The average molecular weight is 366 g/mol. The lowest BCUT2D eigenvalue weighted by molar-refractivity contribution is -0.274. The van der Waals surface area contributed by atoms with E-state index in [0.717, 1.165) is 31.8 Å². The number of rotatable bonds is 3. The van der Waals surface area contributed by atoms with E-state index in [0.29, 0.717) is 17.5 Å². The molecule has 1 N–H and O–H groups in total. The minimum absolute atomic E-state index is 0. The lowest BCUT2D eigenvalue weighted by Crippen LogP contribution is -2.54. The van der Waals surface area contributed by atoms with Crippen molar-refractivity contribution >= 4 is 20.0 Å². The molecular formula is C18H22BF3N2O2. The number of ether oxygens (including phenoxy) is 1. The van der Waals surface area contributed by atoms with E-state index in [9.17, 15) is 18.0 Å².